The molecule has 1 aliphatic rings. The van der Waals surface area contributed by atoms with Gasteiger partial charge in [-0.15, -0.1) is 0 Å². The zero-order valence-corrected chi connectivity index (χ0v) is 10.2. The van der Waals surface area contributed by atoms with Gasteiger partial charge in [0.2, 0.25) is 0 Å². The van der Waals surface area contributed by atoms with Crippen molar-refractivity contribution < 1.29 is 0 Å². The first kappa shape index (κ1) is 11.5. The quantitative estimate of drug-likeness (QED) is 0.848. The third-order valence-corrected chi connectivity index (χ3v) is 3.39. The fourth-order valence-corrected chi connectivity index (χ4v) is 2.79. The summed E-state index contributed by atoms with van der Waals surface area (Å²) >= 11 is 0. The van der Waals surface area contributed by atoms with E-state index in [1.807, 2.05) is 6.07 Å². The lowest BCUT2D eigenvalue weighted by Gasteiger charge is -2.32. The van der Waals surface area contributed by atoms with Gasteiger partial charge in [0.1, 0.15) is 6.33 Å². The van der Waals surface area contributed by atoms with Crippen LogP contribution >= 0.6 is 0 Å². The van der Waals surface area contributed by atoms with E-state index in [0.717, 1.165) is 24.1 Å². The molecule has 1 aromatic rings. The van der Waals surface area contributed by atoms with Crippen LogP contribution < -0.4 is 5.32 Å². The van der Waals surface area contributed by atoms with Gasteiger partial charge in [0.25, 0.3) is 0 Å². The lowest BCUT2D eigenvalue weighted by atomic mass is 9.80. The summed E-state index contributed by atoms with van der Waals surface area (Å²) in [5.74, 6) is 1.71. The van der Waals surface area contributed by atoms with Gasteiger partial charge < -0.3 is 5.32 Å². The van der Waals surface area contributed by atoms with Crippen molar-refractivity contribution in [1.82, 2.24) is 15.3 Å². The third kappa shape index (κ3) is 3.27. The molecule has 88 valence electrons. The Labute approximate surface area is 97.7 Å². The fourth-order valence-electron chi connectivity index (χ4n) is 2.79. The standard InChI is InChI=1S/C13H21N3/c1-10-5-11(2)7-13(6-10)15-8-12-3-4-14-9-16-12/h3-4,9-11,13,15H,5-8H2,1-2H3. The van der Waals surface area contributed by atoms with Gasteiger partial charge in [-0.25, -0.2) is 9.97 Å². The number of nitrogens with zero attached hydrogens (tertiary/aromatic N) is 2. The van der Waals surface area contributed by atoms with Crippen LogP contribution in [-0.2, 0) is 6.54 Å². The molecule has 3 heteroatoms. The molecular weight excluding hydrogens is 198 g/mol. The summed E-state index contributed by atoms with van der Waals surface area (Å²) in [4.78, 5) is 8.15. The minimum Gasteiger partial charge on any atom is -0.308 e. The maximum absolute atomic E-state index is 4.23. The molecule has 1 fully saturated rings. The topological polar surface area (TPSA) is 37.8 Å². The van der Waals surface area contributed by atoms with Gasteiger partial charge in [0.15, 0.2) is 0 Å². The monoisotopic (exact) mass is 219 g/mol. The van der Waals surface area contributed by atoms with E-state index >= 15 is 0 Å². The second-order valence-corrected chi connectivity index (χ2v) is 5.20. The highest BCUT2D eigenvalue weighted by Gasteiger charge is 2.23. The first-order valence-electron chi connectivity index (χ1n) is 6.22. The molecule has 16 heavy (non-hydrogen) atoms. The minimum atomic E-state index is 0.661. The maximum atomic E-state index is 4.23. The van der Waals surface area contributed by atoms with E-state index in [1.165, 1.54) is 19.3 Å². The Morgan fingerprint density at radius 2 is 2.00 bits per heavy atom. The van der Waals surface area contributed by atoms with Crippen molar-refractivity contribution in [2.75, 3.05) is 0 Å². The maximum Gasteiger partial charge on any atom is 0.115 e. The molecule has 3 nitrogen and oxygen atoms in total. The van der Waals surface area contributed by atoms with Crippen LogP contribution in [0.15, 0.2) is 18.6 Å². The molecule has 0 radical (unpaired) electrons. The van der Waals surface area contributed by atoms with E-state index < -0.39 is 0 Å². The highest BCUT2D eigenvalue weighted by atomic mass is 14.9. The summed E-state index contributed by atoms with van der Waals surface area (Å²) in [6.07, 6.45) is 7.40. The summed E-state index contributed by atoms with van der Waals surface area (Å²) in [5, 5.41) is 3.61. The number of hydrogen-bond acceptors (Lipinski definition) is 3. The van der Waals surface area contributed by atoms with E-state index in [9.17, 15) is 0 Å². The zero-order chi connectivity index (χ0) is 11.4. The predicted molar refractivity (Wildman–Crippen MR) is 64.8 cm³/mol. The van der Waals surface area contributed by atoms with Gasteiger partial charge in [-0.05, 0) is 37.2 Å². The van der Waals surface area contributed by atoms with Crippen molar-refractivity contribution in [2.45, 2.75) is 45.7 Å². The van der Waals surface area contributed by atoms with E-state index in [0.29, 0.717) is 6.04 Å². The van der Waals surface area contributed by atoms with Gasteiger partial charge in [-0.3, -0.25) is 0 Å². The van der Waals surface area contributed by atoms with Crippen molar-refractivity contribution in [1.29, 1.82) is 0 Å². The van der Waals surface area contributed by atoms with Crippen LogP contribution in [0.1, 0.15) is 38.8 Å². The molecule has 0 aromatic carbocycles. The zero-order valence-electron chi connectivity index (χ0n) is 10.2. The Balaban J connectivity index is 1.81. The minimum absolute atomic E-state index is 0.661. The lowest BCUT2D eigenvalue weighted by molar-refractivity contribution is 0.237. The molecule has 2 unspecified atom stereocenters. The van der Waals surface area contributed by atoms with E-state index in [-0.39, 0.29) is 0 Å². The van der Waals surface area contributed by atoms with Crippen LogP contribution in [0.4, 0.5) is 0 Å². The van der Waals surface area contributed by atoms with Crippen LogP contribution in [-0.4, -0.2) is 16.0 Å². The molecule has 0 saturated heterocycles. The first-order chi connectivity index (χ1) is 7.74. The summed E-state index contributed by atoms with van der Waals surface area (Å²) in [6.45, 7) is 5.58. The second-order valence-electron chi connectivity index (χ2n) is 5.20. The molecule has 1 heterocycles. The molecule has 2 atom stereocenters. The largest absolute Gasteiger partial charge is 0.308 e. The van der Waals surface area contributed by atoms with Gasteiger partial charge in [0.05, 0.1) is 5.69 Å². The molecule has 1 aliphatic carbocycles. The molecular formula is C13H21N3. The van der Waals surface area contributed by atoms with Crippen LogP contribution in [0.3, 0.4) is 0 Å². The summed E-state index contributed by atoms with van der Waals surface area (Å²) in [6, 6.07) is 2.64. The Bertz CT molecular complexity index is 302. The molecule has 0 aliphatic heterocycles. The number of hydrogen-bond donors (Lipinski definition) is 1. The SMILES string of the molecule is CC1CC(C)CC(NCc2ccncn2)C1. The normalized spacial score (nSPS) is 30.2. The number of aromatic nitrogens is 2. The Morgan fingerprint density at radius 3 is 2.62 bits per heavy atom. The Kier molecular flexibility index (Phi) is 3.88. The van der Waals surface area contributed by atoms with Crippen LogP contribution in [0, 0.1) is 11.8 Å². The van der Waals surface area contributed by atoms with E-state index in [4.69, 9.17) is 0 Å². The fraction of sp³-hybridized carbons (Fsp3) is 0.692. The predicted octanol–water partition coefficient (Wildman–Crippen LogP) is 2.39. The lowest BCUT2D eigenvalue weighted by Crippen LogP contribution is -2.36. The number of rotatable bonds is 3. The van der Waals surface area contributed by atoms with Crippen LogP contribution in [0.5, 0.6) is 0 Å². The average molecular weight is 219 g/mol. The summed E-state index contributed by atoms with van der Waals surface area (Å²) in [7, 11) is 0. The Hall–Kier alpha value is -0.960. The molecule has 0 spiro atoms. The van der Waals surface area contributed by atoms with E-state index in [1.54, 1.807) is 12.5 Å². The van der Waals surface area contributed by atoms with Crippen molar-refractivity contribution in [3.63, 3.8) is 0 Å². The Morgan fingerprint density at radius 1 is 1.25 bits per heavy atom. The average Bonchev–Trinajstić information content (AvgIpc) is 2.27. The van der Waals surface area contributed by atoms with Gasteiger partial charge in [0, 0.05) is 18.8 Å². The third-order valence-electron chi connectivity index (χ3n) is 3.39. The van der Waals surface area contributed by atoms with Crippen LogP contribution in [0.25, 0.3) is 0 Å². The highest BCUT2D eigenvalue weighted by Crippen LogP contribution is 2.28. The second kappa shape index (κ2) is 5.39. The molecule has 0 bridgehead atoms. The van der Waals surface area contributed by atoms with Crippen molar-refractivity contribution in [2.24, 2.45) is 11.8 Å². The van der Waals surface area contributed by atoms with Gasteiger partial charge >= 0.3 is 0 Å². The summed E-state index contributed by atoms with van der Waals surface area (Å²) < 4.78 is 0. The molecule has 0 amide bonds. The molecule has 1 aromatic heterocycles. The van der Waals surface area contributed by atoms with Crippen molar-refractivity contribution in [3.05, 3.63) is 24.3 Å². The first-order valence-corrected chi connectivity index (χ1v) is 6.22. The van der Waals surface area contributed by atoms with Crippen molar-refractivity contribution in [3.8, 4) is 0 Å². The highest BCUT2D eigenvalue weighted by molar-refractivity contribution is 4.97. The van der Waals surface area contributed by atoms with Gasteiger partial charge in [-0.2, -0.15) is 0 Å². The number of nitrogens with one attached hydrogen (secondary N) is 1. The molecule has 1 N–H and O–H groups in total. The van der Waals surface area contributed by atoms with Crippen molar-refractivity contribution >= 4 is 0 Å². The molecule has 1 saturated carbocycles. The summed E-state index contributed by atoms with van der Waals surface area (Å²) in [5.41, 5.74) is 1.08. The van der Waals surface area contributed by atoms with Gasteiger partial charge in [-0.1, -0.05) is 13.8 Å². The van der Waals surface area contributed by atoms with Crippen LogP contribution in [0.2, 0.25) is 0 Å². The molecule has 2 rings (SSSR count). The smallest absolute Gasteiger partial charge is 0.115 e. The van der Waals surface area contributed by atoms with E-state index in [2.05, 4.69) is 29.1 Å².